The third-order valence-electron chi connectivity index (χ3n) is 1.97. The molecule has 0 aliphatic carbocycles. The van der Waals surface area contributed by atoms with Gasteiger partial charge in [-0.2, -0.15) is 0 Å². The SMILES string of the molecule is CCCCCOC(C)CCCN. The molecular weight excluding hydrogens is 150 g/mol. The van der Waals surface area contributed by atoms with Crippen molar-refractivity contribution < 1.29 is 4.74 Å². The zero-order valence-electron chi connectivity index (χ0n) is 8.51. The minimum Gasteiger partial charge on any atom is -0.379 e. The van der Waals surface area contributed by atoms with E-state index in [9.17, 15) is 0 Å². The zero-order valence-corrected chi connectivity index (χ0v) is 8.51. The van der Waals surface area contributed by atoms with Crippen LogP contribution in [0.5, 0.6) is 0 Å². The maximum atomic E-state index is 5.59. The summed E-state index contributed by atoms with van der Waals surface area (Å²) >= 11 is 0. The van der Waals surface area contributed by atoms with Gasteiger partial charge in [0.25, 0.3) is 0 Å². The summed E-state index contributed by atoms with van der Waals surface area (Å²) in [5.41, 5.74) is 5.40. The first-order valence-electron chi connectivity index (χ1n) is 5.13. The van der Waals surface area contributed by atoms with Crippen molar-refractivity contribution in [2.45, 2.75) is 52.1 Å². The molecule has 0 bridgehead atoms. The lowest BCUT2D eigenvalue weighted by Gasteiger charge is -2.11. The molecule has 0 spiro atoms. The molecule has 1 unspecified atom stereocenters. The molecular formula is C10H23NO. The molecule has 74 valence electrons. The largest absolute Gasteiger partial charge is 0.379 e. The van der Waals surface area contributed by atoms with Gasteiger partial charge in [-0.1, -0.05) is 19.8 Å². The molecule has 0 aromatic carbocycles. The van der Waals surface area contributed by atoms with Gasteiger partial charge >= 0.3 is 0 Å². The standard InChI is InChI=1S/C10H23NO/c1-3-4-5-9-12-10(2)7-6-8-11/h10H,3-9,11H2,1-2H3. The highest BCUT2D eigenvalue weighted by Gasteiger charge is 1.99. The average Bonchev–Trinajstić information content (AvgIpc) is 2.09. The number of unbranched alkanes of at least 4 members (excludes halogenated alkanes) is 2. The second kappa shape index (κ2) is 9.01. The second-order valence-corrected chi connectivity index (χ2v) is 3.32. The van der Waals surface area contributed by atoms with Crippen LogP contribution in [-0.2, 0) is 4.74 Å². The second-order valence-electron chi connectivity index (χ2n) is 3.32. The lowest BCUT2D eigenvalue weighted by Crippen LogP contribution is -2.11. The molecule has 0 aromatic heterocycles. The lowest BCUT2D eigenvalue weighted by atomic mass is 10.2. The molecule has 0 rings (SSSR count). The van der Waals surface area contributed by atoms with Crippen LogP contribution >= 0.6 is 0 Å². The fraction of sp³-hybridized carbons (Fsp3) is 1.00. The Labute approximate surface area is 76.5 Å². The van der Waals surface area contributed by atoms with Gasteiger partial charge in [-0.05, 0) is 32.7 Å². The molecule has 0 aliphatic heterocycles. The van der Waals surface area contributed by atoms with Crippen LogP contribution in [0, 0.1) is 0 Å². The van der Waals surface area contributed by atoms with E-state index in [0.717, 1.165) is 26.0 Å². The van der Waals surface area contributed by atoms with Crippen LogP contribution in [-0.4, -0.2) is 19.3 Å². The lowest BCUT2D eigenvalue weighted by molar-refractivity contribution is 0.0568. The molecule has 2 heteroatoms. The molecule has 0 saturated carbocycles. The Hall–Kier alpha value is -0.0800. The Morgan fingerprint density at radius 2 is 2.00 bits per heavy atom. The van der Waals surface area contributed by atoms with Crippen molar-refractivity contribution in [2.24, 2.45) is 5.73 Å². The Morgan fingerprint density at radius 3 is 2.58 bits per heavy atom. The van der Waals surface area contributed by atoms with Crippen LogP contribution in [0.3, 0.4) is 0 Å². The normalized spacial score (nSPS) is 13.2. The van der Waals surface area contributed by atoms with Gasteiger partial charge in [0.15, 0.2) is 0 Å². The number of hydrogen-bond acceptors (Lipinski definition) is 2. The molecule has 0 saturated heterocycles. The summed E-state index contributed by atoms with van der Waals surface area (Å²) in [5, 5.41) is 0. The highest BCUT2D eigenvalue weighted by atomic mass is 16.5. The molecule has 12 heavy (non-hydrogen) atoms. The predicted molar refractivity (Wildman–Crippen MR) is 53.2 cm³/mol. The molecule has 2 nitrogen and oxygen atoms in total. The van der Waals surface area contributed by atoms with E-state index < -0.39 is 0 Å². The summed E-state index contributed by atoms with van der Waals surface area (Å²) in [6, 6.07) is 0. The van der Waals surface area contributed by atoms with Crippen LogP contribution in [0.1, 0.15) is 46.0 Å². The number of rotatable bonds is 8. The van der Waals surface area contributed by atoms with Crippen LogP contribution in [0.15, 0.2) is 0 Å². The van der Waals surface area contributed by atoms with Gasteiger partial charge < -0.3 is 10.5 Å². The van der Waals surface area contributed by atoms with Crippen LogP contribution in [0.4, 0.5) is 0 Å². The number of hydrogen-bond donors (Lipinski definition) is 1. The molecule has 0 aromatic rings. The summed E-state index contributed by atoms with van der Waals surface area (Å²) in [6.45, 7) is 6.03. The smallest absolute Gasteiger partial charge is 0.0547 e. The van der Waals surface area contributed by atoms with E-state index in [1.165, 1.54) is 19.3 Å². The van der Waals surface area contributed by atoms with Crippen LogP contribution < -0.4 is 5.73 Å². The van der Waals surface area contributed by atoms with E-state index in [2.05, 4.69) is 13.8 Å². The van der Waals surface area contributed by atoms with E-state index in [4.69, 9.17) is 10.5 Å². The fourth-order valence-electron chi connectivity index (χ4n) is 1.13. The highest BCUT2D eigenvalue weighted by molar-refractivity contribution is 4.51. The summed E-state index contributed by atoms with van der Waals surface area (Å²) in [7, 11) is 0. The molecule has 0 heterocycles. The Bertz CT molecular complexity index is 85.9. The molecule has 2 N–H and O–H groups in total. The maximum absolute atomic E-state index is 5.59. The monoisotopic (exact) mass is 173 g/mol. The van der Waals surface area contributed by atoms with Crippen molar-refractivity contribution in [1.82, 2.24) is 0 Å². The van der Waals surface area contributed by atoms with Gasteiger partial charge in [0, 0.05) is 6.61 Å². The molecule has 1 atom stereocenters. The third kappa shape index (κ3) is 8.02. The van der Waals surface area contributed by atoms with Crippen molar-refractivity contribution >= 4 is 0 Å². The minimum atomic E-state index is 0.394. The Balaban J connectivity index is 3.02. The average molecular weight is 173 g/mol. The van der Waals surface area contributed by atoms with E-state index in [1.807, 2.05) is 0 Å². The highest BCUT2D eigenvalue weighted by Crippen LogP contribution is 2.02. The van der Waals surface area contributed by atoms with Gasteiger partial charge in [0.2, 0.25) is 0 Å². The van der Waals surface area contributed by atoms with E-state index in [1.54, 1.807) is 0 Å². The summed E-state index contributed by atoms with van der Waals surface area (Å²) in [6.07, 6.45) is 6.32. The predicted octanol–water partition coefficient (Wildman–Crippen LogP) is 2.32. The van der Waals surface area contributed by atoms with Gasteiger partial charge in [0.05, 0.1) is 6.10 Å². The zero-order chi connectivity index (χ0) is 9.23. The van der Waals surface area contributed by atoms with Crippen molar-refractivity contribution in [3.8, 4) is 0 Å². The van der Waals surface area contributed by atoms with Crippen LogP contribution in [0.2, 0.25) is 0 Å². The molecule has 0 amide bonds. The first-order chi connectivity index (χ1) is 5.81. The van der Waals surface area contributed by atoms with Crippen molar-refractivity contribution in [3.63, 3.8) is 0 Å². The summed E-state index contributed by atoms with van der Waals surface area (Å²) in [4.78, 5) is 0. The Morgan fingerprint density at radius 1 is 1.25 bits per heavy atom. The van der Waals surface area contributed by atoms with E-state index in [-0.39, 0.29) is 0 Å². The van der Waals surface area contributed by atoms with Gasteiger partial charge in [0.1, 0.15) is 0 Å². The minimum absolute atomic E-state index is 0.394. The van der Waals surface area contributed by atoms with Gasteiger partial charge in [-0.25, -0.2) is 0 Å². The first-order valence-corrected chi connectivity index (χ1v) is 5.13. The fourth-order valence-corrected chi connectivity index (χ4v) is 1.13. The summed E-state index contributed by atoms with van der Waals surface area (Å²) < 4.78 is 5.59. The quantitative estimate of drug-likeness (QED) is 0.572. The van der Waals surface area contributed by atoms with Gasteiger partial charge in [-0.3, -0.25) is 0 Å². The van der Waals surface area contributed by atoms with E-state index in [0.29, 0.717) is 6.10 Å². The topological polar surface area (TPSA) is 35.2 Å². The van der Waals surface area contributed by atoms with Crippen molar-refractivity contribution in [1.29, 1.82) is 0 Å². The number of ether oxygens (including phenoxy) is 1. The maximum Gasteiger partial charge on any atom is 0.0547 e. The number of nitrogens with two attached hydrogens (primary N) is 1. The van der Waals surface area contributed by atoms with Crippen molar-refractivity contribution in [3.05, 3.63) is 0 Å². The Kier molecular flexibility index (Phi) is 8.95. The van der Waals surface area contributed by atoms with Crippen molar-refractivity contribution in [2.75, 3.05) is 13.2 Å². The molecule has 0 fully saturated rings. The molecule has 0 radical (unpaired) electrons. The third-order valence-corrected chi connectivity index (χ3v) is 1.97. The first kappa shape index (κ1) is 11.9. The van der Waals surface area contributed by atoms with Crippen LogP contribution in [0.25, 0.3) is 0 Å². The van der Waals surface area contributed by atoms with E-state index >= 15 is 0 Å². The van der Waals surface area contributed by atoms with Gasteiger partial charge in [-0.15, -0.1) is 0 Å². The summed E-state index contributed by atoms with van der Waals surface area (Å²) in [5.74, 6) is 0. The molecule has 0 aliphatic rings.